The molecule has 0 aromatic carbocycles. The highest BCUT2D eigenvalue weighted by atomic mass is 16.5. The Bertz CT molecular complexity index is 549. The monoisotopic (exact) mass is 612 g/mol. The molecule has 0 spiro atoms. The third kappa shape index (κ3) is 32.5. The molecule has 2 atom stereocenters. The van der Waals surface area contributed by atoms with E-state index in [2.05, 4.69) is 19.2 Å². The predicted molar refractivity (Wildman–Crippen MR) is 187 cm³/mol. The molecule has 0 saturated heterocycles. The average Bonchev–Trinajstić information content (AvgIpc) is 3.01. The molecule has 0 aliphatic heterocycles. The maximum absolute atomic E-state index is 12.5. The molecule has 0 rings (SSSR count). The zero-order valence-electron chi connectivity index (χ0n) is 29.2. The lowest BCUT2D eigenvalue weighted by molar-refractivity contribution is -0.123. The van der Waals surface area contributed by atoms with Crippen molar-refractivity contribution in [3.63, 3.8) is 0 Å². The van der Waals surface area contributed by atoms with Crippen molar-refractivity contribution in [2.75, 3.05) is 32.9 Å². The first-order chi connectivity index (χ1) is 21.2. The van der Waals surface area contributed by atoms with Gasteiger partial charge in [-0.15, -0.1) is 0 Å². The van der Waals surface area contributed by atoms with Gasteiger partial charge in [0.25, 0.3) is 0 Å². The summed E-state index contributed by atoms with van der Waals surface area (Å²) in [6.07, 6.45) is 34.4. The lowest BCUT2D eigenvalue weighted by Crippen LogP contribution is -2.45. The third-order valence-corrected chi connectivity index (χ3v) is 8.61. The molecule has 0 aliphatic rings. The Balaban J connectivity index is 4.03. The van der Waals surface area contributed by atoms with Crippen LogP contribution in [0.2, 0.25) is 0 Å². The summed E-state index contributed by atoms with van der Waals surface area (Å²) in [6, 6.07) is -0.481. The van der Waals surface area contributed by atoms with Crippen LogP contribution in [0.25, 0.3) is 0 Å². The number of hydrogen-bond acceptors (Lipinski definition) is 5. The number of carbonyl (C=O) groups is 1. The van der Waals surface area contributed by atoms with Crippen molar-refractivity contribution >= 4 is 5.91 Å². The molecule has 1 amide bonds. The molecule has 0 aliphatic carbocycles. The molecule has 0 saturated carbocycles. The second kappa shape index (κ2) is 35.8. The molecular formula is C37H77N3O3. The third-order valence-electron chi connectivity index (χ3n) is 8.61. The van der Waals surface area contributed by atoms with E-state index < -0.39 is 6.04 Å². The summed E-state index contributed by atoms with van der Waals surface area (Å²) < 4.78 is 12.2. The summed E-state index contributed by atoms with van der Waals surface area (Å²) in [5, 5.41) is 3.01. The summed E-state index contributed by atoms with van der Waals surface area (Å²) >= 11 is 0. The molecule has 0 bridgehead atoms. The van der Waals surface area contributed by atoms with Crippen LogP contribution in [0.15, 0.2) is 0 Å². The topological polar surface area (TPSA) is 99.6 Å². The quantitative estimate of drug-likeness (QED) is 0.0613. The highest BCUT2D eigenvalue weighted by Crippen LogP contribution is 2.13. The van der Waals surface area contributed by atoms with Gasteiger partial charge in [0.05, 0.1) is 18.8 Å². The number of ether oxygens (including phenoxy) is 2. The normalized spacial score (nSPS) is 12.9. The first kappa shape index (κ1) is 42.3. The van der Waals surface area contributed by atoms with Gasteiger partial charge in [-0.1, -0.05) is 162 Å². The van der Waals surface area contributed by atoms with Crippen molar-refractivity contribution < 1.29 is 14.3 Å². The van der Waals surface area contributed by atoms with Crippen molar-refractivity contribution in [3.8, 4) is 0 Å². The van der Waals surface area contributed by atoms with Gasteiger partial charge in [-0.2, -0.15) is 0 Å². The lowest BCUT2D eigenvalue weighted by Gasteiger charge is -2.20. The smallest absolute Gasteiger partial charge is 0.237 e. The highest BCUT2D eigenvalue weighted by molar-refractivity contribution is 5.81. The van der Waals surface area contributed by atoms with Gasteiger partial charge in [-0.3, -0.25) is 4.79 Å². The Labute approximate surface area is 268 Å². The molecule has 43 heavy (non-hydrogen) atoms. The van der Waals surface area contributed by atoms with Gasteiger partial charge < -0.3 is 26.3 Å². The minimum atomic E-state index is -0.481. The van der Waals surface area contributed by atoms with Crippen LogP contribution < -0.4 is 16.8 Å². The summed E-state index contributed by atoms with van der Waals surface area (Å²) in [6.45, 7) is 7.67. The minimum absolute atomic E-state index is 0.100. The summed E-state index contributed by atoms with van der Waals surface area (Å²) in [4.78, 5) is 12.5. The van der Waals surface area contributed by atoms with E-state index >= 15 is 0 Å². The number of carbonyl (C=O) groups excluding carboxylic acids is 1. The van der Waals surface area contributed by atoms with Crippen LogP contribution in [-0.4, -0.2) is 51.0 Å². The molecule has 0 aromatic rings. The lowest BCUT2D eigenvalue weighted by atomic mass is 10.1. The molecule has 0 fully saturated rings. The van der Waals surface area contributed by atoms with Gasteiger partial charge in [-0.25, -0.2) is 0 Å². The Morgan fingerprint density at radius 2 is 1.00 bits per heavy atom. The van der Waals surface area contributed by atoms with Gasteiger partial charge in [0.1, 0.15) is 0 Å². The van der Waals surface area contributed by atoms with Gasteiger partial charge in [-0.05, 0) is 32.2 Å². The summed E-state index contributed by atoms with van der Waals surface area (Å²) in [5.41, 5.74) is 11.6. The summed E-state index contributed by atoms with van der Waals surface area (Å²) in [5.74, 6) is -0.100. The maximum Gasteiger partial charge on any atom is 0.237 e. The van der Waals surface area contributed by atoms with Crippen LogP contribution in [0, 0.1) is 0 Å². The largest absolute Gasteiger partial charge is 0.379 e. The van der Waals surface area contributed by atoms with Gasteiger partial charge in [0, 0.05) is 19.8 Å². The van der Waals surface area contributed by atoms with Crippen LogP contribution >= 0.6 is 0 Å². The van der Waals surface area contributed by atoms with E-state index in [-0.39, 0.29) is 12.0 Å². The Hall–Kier alpha value is -0.690. The van der Waals surface area contributed by atoms with Gasteiger partial charge in [0.15, 0.2) is 0 Å². The molecule has 0 heterocycles. The fourth-order valence-electron chi connectivity index (χ4n) is 5.60. The van der Waals surface area contributed by atoms with Crippen molar-refractivity contribution in [3.05, 3.63) is 0 Å². The molecule has 258 valence electrons. The fourth-order valence-corrected chi connectivity index (χ4v) is 5.60. The van der Waals surface area contributed by atoms with E-state index in [9.17, 15) is 4.79 Å². The van der Waals surface area contributed by atoms with Crippen LogP contribution in [0.3, 0.4) is 0 Å². The SMILES string of the molecule is CCCCCCCCCCCCCCOCC(CNC(=O)[C@@H](N)CCCCN)OCCCCCCCCCCCCCC. The zero-order chi connectivity index (χ0) is 31.5. The van der Waals surface area contributed by atoms with Crippen LogP contribution in [0.1, 0.15) is 187 Å². The number of rotatable bonds is 36. The fraction of sp³-hybridized carbons (Fsp3) is 0.973. The van der Waals surface area contributed by atoms with E-state index in [1.807, 2.05) is 0 Å². The van der Waals surface area contributed by atoms with Crippen molar-refractivity contribution in [1.82, 2.24) is 5.32 Å². The summed E-state index contributed by atoms with van der Waals surface area (Å²) in [7, 11) is 0. The second-order valence-electron chi connectivity index (χ2n) is 13.0. The van der Waals surface area contributed by atoms with E-state index in [4.69, 9.17) is 20.9 Å². The van der Waals surface area contributed by atoms with E-state index in [1.54, 1.807) is 0 Å². The Kier molecular flexibility index (Phi) is 35.2. The molecule has 5 N–H and O–H groups in total. The van der Waals surface area contributed by atoms with E-state index in [0.717, 1.165) is 38.9 Å². The number of unbranched alkanes of at least 4 members (excludes halogenated alkanes) is 23. The molecule has 0 aromatic heterocycles. The zero-order valence-corrected chi connectivity index (χ0v) is 29.2. The van der Waals surface area contributed by atoms with Gasteiger partial charge >= 0.3 is 0 Å². The first-order valence-electron chi connectivity index (χ1n) is 19.1. The number of amides is 1. The molecule has 1 unspecified atom stereocenters. The first-order valence-corrected chi connectivity index (χ1v) is 19.1. The maximum atomic E-state index is 12.5. The highest BCUT2D eigenvalue weighted by Gasteiger charge is 2.16. The number of hydrogen-bond donors (Lipinski definition) is 3. The van der Waals surface area contributed by atoms with Crippen molar-refractivity contribution in [2.24, 2.45) is 11.5 Å². The van der Waals surface area contributed by atoms with E-state index in [0.29, 0.717) is 26.1 Å². The molecular weight excluding hydrogens is 534 g/mol. The minimum Gasteiger partial charge on any atom is -0.379 e. The average molecular weight is 612 g/mol. The Morgan fingerprint density at radius 1 is 0.581 bits per heavy atom. The molecule has 6 nitrogen and oxygen atoms in total. The molecule has 0 radical (unpaired) electrons. The van der Waals surface area contributed by atoms with Crippen molar-refractivity contribution in [2.45, 2.75) is 199 Å². The van der Waals surface area contributed by atoms with Crippen LogP contribution in [0.4, 0.5) is 0 Å². The second-order valence-corrected chi connectivity index (χ2v) is 13.0. The van der Waals surface area contributed by atoms with Crippen LogP contribution in [0.5, 0.6) is 0 Å². The van der Waals surface area contributed by atoms with E-state index in [1.165, 1.54) is 141 Å². The molecule has 6 heteroatoms. The number of nitrogens with one attached hydrogen (secondary N) is 1. The Morgan fingerprint density at radius 3 is 1.44 bits per heavy atom. The standard InChI is InChI=1S/C37H77N3O3/c1-3-5-7-9-11-13-15-17-19-21-23-27-31-42-34-35(33-40-37(41)36(39)29-25-26-30-38)43-32-28-24-22-20-18-16-14-12-10-8-6-4-2/h35-36H,3-34,38-39H2,1-2H3,(H,40,41)/t35?,36-/m0/s1. The van der Waals surface area contributed by atoms with Gasteiger partial charge in [0.2, 0.25) is 5.91 Å². The van der Waals surface area contributed by atoms with Crippen LogP contribution in [-0.2, 0) is 14.3 Å². The number of nitrogens with two attached hydrogens (primary N) is 2. The predicted octanol–water partition coefficient (Wildman–Crippen LogP) is 9.36. The van der Waals surface area contributed by atoms with Crippen molar-refractivity contribution in [1.29, 1.82) is 0 Å².